The molecular formula is C24H23N3O. The number of nitrogens with zero attached hydrogens (tertiary/aromatic N) is 3. The van der Waals surface area contributed by atoms with Gasteiger partial charge in [0.15, 0.2) is 0 Å². The Balaban J connectivity index is 1.87. The van der Waals surface area contributed by atoms with Crippen molar-refractivity contribution in [2.75, 3.05) is 0 Å². The van der Waals surface area contributed by atoms with Crippen molar-refractivity contribution in [2.24, 2.45) is 0 Å². The smallest absolute Gasteiger partial charge is 0.145 e. The number of phenols is 1. The fraction of sp³-hybridized carbons (Fsp3) is 0.208. The normalized spacial score (nSPS) is 12.2. The highest BCUT2D eigenvalue weighted by Gasteiger charge is 2.22. The Morgan fingerprint density at radius 2 is 1.43 bits per heavy atom. The second-order valence-corrected chi connectivity index (χ2v) is 7.26. The molecule has 4 nitrogen and oxygen atoms in total. The van der Waals surface area contributed by atoms with E-state index in [1.807, 2.05) is 81.4 Å². The number of aromatic nitrogens is 3. The van der Waals surface area contributed by atoms with Gasteiger partial charge >= 0.3 is 0 Å². The zero-order valence-electron chi connectivity index (χ0n) is 16.3. The molecule has 3 heterocycles. The zero-order chi connectivity index (χ0) is 19.7. The molecule has 140 valence electrons. The number of pyridine rings is 3. The maximum absolute atomic E-state index is 11.1. The van der Waals surface area contributed by atoms with Gasteiger partial charge in [-0.1, -0.05) is 30.3 Å². The van der Waals surface area contributed by atoms with E-state index >= 15 is 0 Å². The maximum Gasteiger partial charge on any atom is 0.145 e. The van der Waals surface area contributed by atoms with E-state index in [9.17, 15) is 5.11 Å². The number of hydrogen-bond donors (Lipinski definition) is 1. The highest BCUT2D eigenvalue weighted by atomic mass is 16.3. The Bertz CT molecular complexity index is 1150. The summed E-state index contributed by atoms with van der Waals surface area (Å²) in [6.45, 7) is 5.90. The first-order valence-electron chi connectivity index (χ1n) is 9.46. The molecule has 1 N–H and O–H groups in total. The Morgan fingerprint density at radius 3 is 2.18 bits per heavy atom. The number of rotatable bonds is 4. The van der Waals surface area contributed by atoms with E-state index in [0.717, 1.165) is 39.4 Å². The molecule has 0 spiro atoms. The fourth-order valence-corrected chi connectivity index (χ4v) is 3.62. The Labute approximate surface area is 165 Å². The summed E-state index contributed by atoms with van der Waals surface area (Å²) in [4.78, 5) is 14.0. The lowest BCUT2D eigenvalue weighted by molar-refractivity contribution is 0.468. The van der Waals surface area contributed by atoms with E-state index in [-0.39, 0.29) is 11.7 Å². The number of phenolic OH excluding ortho intramolecular Hbond substituents is 1. The van der Waals surface area contributed by atoms with Crippen LogP contribution < -0.4 is 0 Å². The first-order valence-corrected chi connectivity index (χ1v) is 9.46. The highest BCUT2D eigenvalue weighted by molar-refractivity contribution is 5.86. The predicted octanol–water partition coefficient (Wildman–Crippen LogP) is 5.03. The van der Waals surface area contributed by atoms with Crippen molar-refractivity contribution < 1.29 is 5.11 Å². The molecule has 1 unspecified atom stereocenters. The molecular weight excluding hydrogens is 346 g/mol. The average molecular weight is 369 g/mol. The summed E-state index contributed by atoms with van der Waals surface area (Å²) in [5.74, 6) is 0.114. The van der Waals surface area contributed by atoms with Crippen molar-refractivity contribution >= 4 is 10.9 Å². The zero-order valence-corrected chi connectivity index (χ0v) is 16.3. The van der Waals surface area contributed by atoms with E-state index in [4.69, 9.17) is 4.98 Å². The van der Waals surface area contributed by atoms with Gasteiger partial charge in [-0.2, -0.15) is 0 Å². The van der Waals surface area contributed by atoms with E-state index < -0.39 is 0 Å². The van der Waals surface area contributed by atoms with E-state index in [1.165, 1.54) is 0 Å². The summed E-state index contributed by atoms with van der Waals surface area (Å²) in [7, 11) is 0. The van der Waals surface area contributed by atoms with Crippen molar-refractivity contribution in [1.82, 2.24) is 15.0 Å². The van der Waals surface area contributed by atoms with Gasteiger partial charge in [0.1, 0.15) is 11.3 Å². The molecule has 4 heteroatoms. The molecule has 0 amide bonds. The molecule has 0 saturated heterocycles. The van der Waals surface area contributed by atoms with Crippen LogP contribution in [0, 0.1) is 20.8 Å². The van der Waals surface area contributed by atoms with Crippen molar-refractivity contribution in [2.45, 2.75) is 33.1 Å². The molecule has 4 rings (SSSR count). The van der Waals surface area contributed by atoms with Crippen LogP contribution in [0.4, 0.5) is 0 Å². The quantitative estimate of drug-likeness (QED) is 0.548. The topological polar surface area (TPSA) is 58.9 Å². The van der Waals surface area contributed by atoms with Crippen LogP contribution in [0.25, 0.3) is 10.9 Å². The number of aromatic hydroxyl groups is 1. The van der Waals surface area contributed by atoms with Crippen molar-refractivity contribution in [3.05, 3.63) is 94.7 Å². The van der Waals surface area contributed by atoms with Gasteiger partial charge < -0.3 is 5.11 Å². The third kappa shape index (κ3) is 3.58. The van der Waals surface area contributed by atoms with Crippen LogP contribution in [0.5, 0.6) is 5.75 Å². The summed E-state index contributed by atoms with van der Waals surface area (Å²) in [5, 5.41) is 12.0. The van der Waals surface area contributed by atoms with Crippen LogP contribution >= 0.6 is 0 Å². The molecule has 28 heavy (non-hydrogen) atoms. The first-order chi connectivity index (χ1) is 13.5. The minimum Gasteiger partial charge on any atom is -0.505 e. The van der Waals surface area contributed by atoms with Crippen LogP contribution in [0.2, 0.25) is 0 Å². The molecule has 3 aromatic heterocycles. The van der Waals surface area contributed by atoms with Gasteiger partial charge in [-0.25, -0.2) is 4.98 Å². The second-order valence-electron chi connectivity index (χ2n) is 7.26. The monoisotopic (exact) mass is 369 g/mol. The van der Waals surface area contributed by atoms with Crippen molar-refractivity contribution in [3.63, 3.8) is 0 Å². The van der Waals surface area contributed by atoms with Crippen LogP contribution in [0.3, 0.4) is 0 Å². The van der Waals surface area contributed by atoms with E-state index in [1.54, 1.807) is 0 Å². The Hall–Kier alpha value is -3.27. The Kier molecular flexibility index (Phi) is 4.78. The Morgan fingerprint density at radius 1 is 0.750 bits per heavy atom. The number of benzene rings is 1. The standard InChI is InChI=1S/C24H23N3O/c1-15-6-4-8-19(25-15)14-21(22-9-5-7-16(2)26-22)20-13-12-18-11-10-17(3)27-23(18)24(20)28/h4-13,21,28H,14H2,1-3H3. The minimum atomic E-state index is -0.110. The van der Waals surface area contributed by atoms with E-state index in [0.29, 0.717) is 11.9 Å². The molecule has 0 bridgehead atoms. The molecule has 4 aromatic rings. The number of hydrogen-bond acceptors (Lipinski definition) is 4. The van der Waals surface area contributed by atoms with E-state index in [2.05, 4.69) is 9.97 Å². The van der Waals surface area contributed by atoms with Gasteiger partial charge in [-0.15, -0.1) is 0 Å². The molecule has 0 aliphatic rings. The number of aryl methyl sites for hydroxylation is 3. The lowest BCUT2D eigenvalue weighted by Gasteiger charge is -2.19. The largest absolute Gasteiger partial charge is 0.505 e. The summed E-state index contributed by atoms with van der Waals surface area (Å²) >= 11 is 0. The summed E-state index contributed by atoms with van der Waals surface area (Å²) in [6, 6.07) is 20.0. The predicted molar refractivity (Wildman–Crippen MR) is 112 cm³/mol. The van der Waals surface area contributed by atoms with Crippen LogP contribution in [0.1, 0.15) is 40.0 Å². The minimum absolute atomic E-state index is 0.110. The highest BCUT2D eigenvalue weighted by Crippen LogP contribution is 2.37. The van der Waals surface area contributed by atoms with Gasteiger partial charge in [-0.05, 0) is 51.1 Å². The van der Waals surface area contributed by atoms with Gasteiger partial charge in [0.2, 0.25) is 0 Å². The summed E-state index contributed by atoms with van der Waals surface area (Å²) < 4.78 is 0. The third-order valence-corrected chi connectivity index (χ3v) is 5.01. The van der Waals surface area contributed by atoms with Crippen molar-refractivity contribution in [3.8, 4) is 5.75 Å². The summed E-state index contributed by atoms with van der Waals surface area (Å²) in [5.41, 5.74) is 6.17. The van der Waals surface area contributed by atoms with Crippen LogP contribution in [-0.2, 0) is 6.42 Å². The van der Waals surface area contributed by atoms with Gasteiger partial charge in [-0.3, -0.25) is 9.97 Å². The van der Waals surface area contributed by atoms with Crippen LogP contribution in [0.15, 0.2) is 60.7 Å². The maximum atomic E-state index is 11.1. The molecule has 1 atom stereocenters. The lowest BCUT2D eigenvalue weighted by Crippen LogP contribution is -2.10. The van der Waals surface area contributed by atoms with Gasteiger partial charge in [0.25, 0.3) is 0 Å². The van der Waals surface area contributed by atoms with Gasteiger partial charge in [0, 0.05) is 51.8 Å². The summed E-state index contributed by atoms with van der Waals surface area (Å²) in [6.07, 6.45) is 0.656. The molecule has 0 fully saturated rings. The average Bonchev–Trinajstić information content (AvgIpc) is 2.67. The SMILES string of the molecule is Cc1cccc(CC(c2cccc(C)n2)c2ccc3ccc(C)nc3c2O)n1. The van der Waals surface area contributed by atoms with Crippen molar-refractivity contribution in [1.29, 1.82) is 0 Å². The van der Waals surface area contributed by atoms with Crippen LogP contribution in [-0.4, -0.2) is 20.1 Å². The molecule has 1 aromatic carbocycles. The lowest BCUT2D eigenvalue weighted by atomic mass is 9.88. The number of fused-ring (bicyclic) bond motifs is 1. The molecule has 0 radical (unpaired) electrons. The van der Waals surface area contributed by atoms with Gasteiger partial charge in [0.05, 0.1) is 0 Å². The fourth-order valence-electron chi connectivity index (χ4n) is 3.62. The molecule has 0 aliphatic heterocycles. The first kappa shape index (κ1) is 18.1. The molecule has 0 saturated carbocycles. The second kappa shape index (κ2) is 7.39. The molecule has 0 aliphatic carbocycles. The third-order valence-electron chi connectivity index (χ3n) is 5.01.